The van der Waals surface area contributed by atoms with Gasteiger partial charge < -0.3 is 27.2 Å². The number of hydrogen-bond donors (Lipinski definition) is 5. The second-order valence-electron chi connectivity index (χ2n) is 6.27. The fourth-order valence-electron chi connectivity index (χ4n) is 2.49. The van der Waals surface area contributed by atoms with Gasteiger partial charge in [-0.15, -0.1) is 0 Å². The maximum absolute atomic E-state index is 9.84. The summed E-state index contributed by atoms with van der Waals surface area (Å²) < 4.78 is 1.89. The number of nitrogens with two attached hydrogens (primary N) is 2. The van der Waals surface area contributed by atoms with Crippen LogP contribution >= 0.6 is 11.6 Å². The number of anilines is 2. The van der Waals surface area contributed by atoms with E-state index in [0.29, 0.717) is 23.7 Å². The number of aromatic nitrogens is 2. The molecule has 0 saturated carbocycles. The van der Waals surface area contributed by atoms with Gasteiger partial charge in [-0.1, -0.05) is 11.6 Å². The van der Waals surface area contributed by atoms with E-state index in [1.165, 1.54) is 0 Å². The third-order valence-corrected chi connectivity index (χ3v) is 3.71. The summed E-state index contributed by atoms with van der Waals surface area (Å²) in [7, 11) is 0. The Hall–Kier alpha value is -1.44. The quantitative estimate of drug-likeness (QED) is 0.517. The molecular formula is C14H25ClN6O. The van der Waals surface area contributed by atoms with Crippen molar-refractivity contribution >= 4 is 29.2 Å². The minimum Gasteiger partial charge on any atom is -0.394 e. The predicted octanol–water partition coefficient (Wildman–Crippen LogP) is 1.07. The SMILES string of the molecule is CC(C)(O)CNc1nn(C2CCNCC2)c(/C=C(\N)Cl)c1N. The summed E-state index contributed by atoms with van der Waals surface area (Å²) >= 11 is 5.82. The van der Waals surface area contributed by atoms with E-state index < -0.39 is 5.60 Å². The topological polar surface area (TPSA) is 114 Å². The zero-order chi connectivity index (χ0) is 16.3. The monoisotopic (exact) mass is 328 g/mol. The van der Waals surface area contributed by atoms with Crippen molar-refractivity contribution in [2.24, 2.45) is 5.73 Å². The van der Waals surface area contributed by atoms with Gasteiger partial charge in [0.2, 0.25) is 0 Å². The summed E-state index contributed by atoms with van der Waals surface area (Å²) in [6, 6.07) is 0.253. The van der Waals surface area contributed by atoms with E-state index in [1.807, 2.05) is 4.68 Å². The summed E-state index contributed by atoms with van der Waals surface area (Å²) in [4.78, 5) is 0. The van der Waals surface area contributed by atoms with Gasteiger partial charge >= 0.3 is 0 Å². The van der Waals surface area contributed by atoms with Crippen LogP contribution < -0.4 is 22.1 Å². The number of aliphatic hydroxyl groups is 1. The molecule has 7 nitrogen and oxygen atoms in total. The lowest BCUT2D eigenvalue weighted by Gasteiger charge is -2.24. The Morgan fingerprint density at radius 3 is 2.73 bits per heavy atom. The first kappa shape index (κ1) is 16.9. The van der Waals surface area contributed by atoms with Crippen LogP contribution in [-0.2, 0) is 0 Å². The molecule has 124 valence electrons. The third kappa shape index (κ3) is 4.28. The van der Waals surface area contributed by atoms with Crippen molar-refractivity contribution in [2.45, 2.75) is 38.3 Å². The number of halogens is 1. The fourth-order valence-corrected chi connectivity index (χ4v) is 2.60. The van der Waals surface area contributed by atoms with Gasteiger partial charge in [-0.05, 0) is 39.8 Å². The molecule has 1 aliphatic heterocycles. The van der Waals surface area contributed by atoms with E-state index in [9.17, 15) is 5.11 Å². The zero-order valence-electron chi connectivity index (χ0n) is 13.1. The summed E-state index contributed by atoms with van der Waals surface area (Å²) in [5.74, 6) is 0.546. The van der Waals surface area contributed by atoms with E-state index in [2.05, 4.69) is 15.7 Å². The molecule has 0 bridgehead atoms. The number of nitrogens with one attached hydrogen (secondary N) is 2. The van der Waals surface area contributed by atoms with Crippen LogP contribution in [0.2, 0.25) is 0 Å². The number of hydrogen-bond acceptors (Lipinski definition) is 6. The fraction of sp³-hybridized carbons (Fsp3) is 0.643. The number of rotatable bonds is 5. The van der Waals surface area contributed by atoms with Crippen molar-refractivity contribution in [2.75, 3.05) is 30.7 Å². The molecule has 0 aromatic carbocycles. The van der Waals surface area contributed by atoms with Crippen molar-refractivity contribution < 1.29 is 5.11 Å². The van der Waals surface area contributed by atoms with Crippen LogP contribution in [0.5, 0.6) is 0 Å². The molecule has 8 heteroatoms. The van der Waals surface area contributed by atoms with Crippen LogP contribution in [0.15, 0.2) is 5.16 Å². The smallest absolute Gasteiger partial charge is 0.172 e. The Balaban J connectivity index is 2.31. The molecule has 0 radical (unpaired) electrons. The number of piperidine rings is 1. The van der Waals surface area contributed by atoms with Gasteiger partial charge in [-0.3, -0.25) is 4.68 Å². The first-order valence-corrected chi connectivity index (χ1v) is 7.83. The second-order valence-corrected chi connectivity index (χ2v) is 6.70. The minimum atomic E-state index is -0.855. The minimum absolute atomic E-state index is 0.163. The van der Waals surface area contributed by atoms with Crippen molar-refractivity contribution in [3.63, 3.8) is 0 Å². The lowest BCUT2D eigenvalue weighted by atomic mass is 10.1. The molecule has 0 unspecified atom stereocenters. The highest BCUT2D eigenvalue weighted by Gasteiger charge is 2.23. The summed E-state index contributed by atoms with van der Waals surface area (Å²) in [6.45, 7) is 5.67. The highest BCUT2D eigenvalue weighted by atomic mass is 35.5. The number of nitrogens with zero attached hydrogens (tertiary/aromatic N) is 2. The Labute approximate surface area is 135 Å². The molecule has 1 fully saturated rings. The van der Waals surface area contributed by atoms with Crippen LogP contribution in [0.3, 0.4) is 0 Å². The van der Waals surface area contributed by atoms with Crippen LogP contribution in [0, 0.1) is 0 Å². The first-order valence-electron chi connectivity index (χ1n) is 7.45. The van der Waals surface area contributed by atoms with E-state index in [-0.39, 0.29) is 11.2 Å². The molecule has 0 aliphatic carbocycles. The average molecular weight is 329 g/mol. The van der Waals surface area contributed by atoms with Crippen molar-refractivity contribution in [3.8, 4) is 0 Å². The Kier molecular flexibility index (Phi) is 5.20. The van der Waals surface area contributed by atoms with Gasteiger partial charge in [0.15, 0.2) is 5.82 Å². The van der Waals surface area contributed by atoms with Crippen LogP contribution in [0.25, 0.3) is 6.08 Å². The van der Waals surface area contributed by atoms with E-state index in [0.717, 1.165) is 25.9 Å². The van der Waals surface area contributed by atoms with E-state index in [4.69, 9.17) is 23.1 Å². The van der Waals surface area contributed by atoms with Gasteiger partial charge in [-0.25, -0.2) is 0 Å². The van der Waals surface area contributed by atoms with E-state index in [1.54, 1.807) is 19.9 Å². The number of nitrogen functional groups attached to an aromatic ring is 1. The second kappa shape index (κ2) is 6.76. The maximum Gasteiger partial charge on any atom is 0.172 e. The molecule has 2 rings (SSSR count). The molecule has 1 aromatic rings. The molecule has 7 N–H and O–H groups in total. The van der Waals surface area contributed by atoms with Gasteiger partial charge in [-0.2, -0.15) is 5.10 Å². The van der Waals surface area contributed by atoms with Crippen LogP contribution in [0.4, 0.5) is 11.5 Å². The normalized spacial score (nSPS) is 17.7. The van der Waals surface area contributed by atoms with Gasteiger partial charge in [0.25, 0.3) is 0 Å². The van der Waals surface area contributed by atoms with Crippen molar-refractivity contribution in [1.29, 1.82) is 0 Å². The highest BCUT2D eigenvalue weighted by molar-refractivity contribution is 6.31. The first-order chi connectivity index (χ1) is 10.3. The summed E-state index contributed by atoms with van der Waals surface area (Å²) in [5, 5.41) is 21.0. The summed E-state index contributed by atoms with van der Waals surface area (Å²) in [5.41, 5.74) is 12.1. The standard InChI is InChI=1S/C14H25ClN6O/c1-14(2,22)8-19-13-12(17)10(7-11(15)16)21(20-13)9-3-5-18-6-4-9/h7,9,18,22H,3-6,8,16-17H2,1-2H3,(H,19,20)/b11-7-. The summed E-state index contributed by atoms with van der Waals surface area (Å²) in [6.07, 6.45) is 3.56. The third-order valence-electron chi connectivity index (χ3n) is 3.60. The molecule has 0 spiro atoms. The molecule has 0 atom stereocenters. The lowest BCUT2D eigenvalue weighted by molar-refractivity contribution is 0.0944. The molecule has 1 aromatic heterocycles. The van der Waals surface area contributed by atoms with Crippen molar-refractivity contribution in [3.05, 3.63) is 10.9 Å². The maximum atomic E-state index is 9.84. The lowest BCUT2D eigenvalue weighted by Crippen LogP contribution is -2.31. The molecular weight excluding hydrogens is 304 g/mol. The molecule has 22 heavy (non-hydrogen) atoms. The molecule has 1 saturated heterocycles. The highest BCUT2D eigenvalue weighted by Crippen LogP contribution is 2.30. The van der Waals surface area contributed by atoms with Gasteiger partial charge in [0.05, 0.1) is 17.3 Å². The van der Waals surface area contributed by atoms with Crippen LogP contribution in [0.1, 0.15) is 38.4 Å². The molecule has 1 aliphatic rings. The zero-order valence-corrected chi connectivity index (χ0v) is 13.8. The van der Waals surface area contributed by atoms with Gasteiger partial charge in [0, 0.05) is 12.6 Å². The Bertz CT molecular complexity index is 538. The molecule has 0 amide bonds. The predicted molar refractivity (Wildman–Crippen MR) is 90.6 cm³/mol. The van der Waals surface area contributed by atoms with E-state index >= 15 is 0 Å². The Morgan fingerprint density at radius 2 is 2.18 bits per heavy atom. The average Bonchev–Trinajstić information content (AvgIpc) is 2.74. The largest absolute Gasteiger partial charge is 0.394 e. The molecule has 2 heterocycles. The van der Waals surface area contributed by atoms with Gasteiger partial charge in [0.1, 0.15) is 10.8 Å². The van der Waals surface area contributed by atoms with Crippen LogP contribution in [-0.4, -0.2) is 40.1 Å². The Morgan fingerprint density at radius 1 is 1.55 bits per heavy atom. The van der Waals surface area contributed by atoms with Crippen molar-refractivity contribution in [1.82, 2.24) is 15.1 Å².